The molecular formula is C21H24FNO4. The Labute approximate surface area is 158 Å². The summed E-state index contributed by atoms with van der Waals surface area (Å²) in [5, 5.41) is 9.23. The quantitative estimate of drug-likeness (QED) is 0.876. The number of aryl methyl sites for hydroxylation is 2. The predicted octanol–water partition coefficient (Wildman–Crippen LogP) is 2.85. The minimum Gasteiger partial charge on any atom is -0.486 e. The Kier molecular flexibility index (Phi) is 5.77. The van der Waals surface area contributed by atoms with E-state index >= 15 is 0 Å². The second-order valence-corrected chi connectivity index (χ2v) is 6.91. The number of likely N-dealkylation sites (tertiary alicyclic amines) is 1. The molecule has 0 aromatic heterocycles. The van der Waals surface area contributed by atoms with E-state index in [-0.39, 0.29) is 18.6 Å². The van der Waals surface area contributed by atoms with Crippen LogP contribution in [0.1, 0.15) is 27.0 Å². The largest absolute Gasteiger partial charge is 0.486 e. The normalized spacial score (nSPS) is 19.4. The Hall–Kier alpha value is -2.44. The fourth-order valence-corrected chi connectivity index (χ4v) is 3.34. The lowest BCUT2D eigenvalue weighted by atomic mass is 10.0. The molecule has 6 heteroatoms. The molecule has 1 aliphatic heterocycles. The van der Waals surface area contributed by atoms with Crippen molar-refractivity contribution in [2.75, 3.05) is 20.2 Å². The second-order valence-electron chi connectivity index (χ2n) is 6.91. The molecule has 0 radical (unpaired) electrons. The number of ether oxygens (including phenoxy) is 2. The molecule has 2 aromatic carbocycles. The van der Waals surface area contributed by atoms with Gasteiger partial charge in [-0.15, -0.1) is 0 Å². The van der Waals surface area contributed by atoms with E-state index in [0.717, 1.165) is 11.1 Å². The zero-order valence-electron chi connectivity index (χ0n) is 15.7. The van der Waals surface area contributed by atoms with Gasteiger partial charge in [0.05, 0.1) is 19.7 Å². The summed E-state index contributed by atoms with van der Waals surface area (Å²) in [4.78, 5) is 14.7. The highest BCUT2D eigenvalue weighted by atomic mass is 19.1. The van der Waals surface area contributed by atoms with E-state index < -0.39 is 11.9 Å². The number of aliphatic hydroxyl groups excluding tert-OH is 1. The topological polar surface area (TPSA) is 59.0 Å². The molecule has 1 fully saturated rings. The summed E-state index contributed by atoms with van der Waals surface area (Å²) >= 11 is 0. The average molecular weight is 373 g/mol. The first-order valence-corrected chi connectivity index (χ1v) is 8.87. The lowest BCUT2D eigenvalue weighted by Gasteiger charge is -2.19. The monoisotopic (exact) mass is 373 g/mol. The van der Waals surface area contributed by atoms with Crippen molar-refractivity contribution in [3.8, 4) is 5.75 Å². The van der Waals surface area contributed by atoms with Crippen LogP contribution in [0.5, 0.6) is 5.75 Å². The molecule has 1 amide bonds. The summed E-state index contributed by atoms with van der Waals surface area (Å²) in [6.45, 7) is 4.33. The summed E-state index contributed by atoms with van der Waals surface area (Å²) in [6.07, 6.45) is -0.739. The van der Waals surface area contributed by atoms with Crippen molar-refractivity contribution in [3.63, 3.8) is 0 Å². The fraction of sp³-hybridized carbons (Fsp3) is 0.381. The minimum absolute atomic E-state index is 0.0698. The molecule has 0 aliphatic carbocycles. The summed E-state index contributed by atoms with van der Waals surface area (Å²) in [5.41, 5.74) is 3.04. The molecule has 5 nitrogen and oxygen atoms in total. The highest BCUT2D eigenvalue weighted by Gasteiger charge is 2.37. The van der Waals surface area contributed by atoms with Crippen LogP contribution in [0, 0.1) is 19.7 Å². The standard InChI is InChI=1S/C21H24FNO4/c1-13-4-5-14(2)18(6-13)21(25)23-10-19(26-3)20(11-23)27-17-8-15(12-24)7-16(22)9-17/h4-9,19-20,24H,10-12H2,1-3H3. The van der Waals surface area contributed by atoms with Gasteiger partial charge in [-0.1, -0.05) is 17.7 Å². The van der Waals surface area contributed by atoms with Gasteiger partial charge in [0.2, 0.25) is 0 Å². The van der Waals surface area contributed by atoms with Gasteiger partial charge in [-0.3, -0.25) is 4.79 Å². The highest BCUT2D eigenvalue weighted by Crippen LogP contribution is 2.25. The number of rotatable bonds is 5. The van der Waals surface area contributed by atoms with Gasteiger partial charge in [-0.05, 0) is 43.2 Å². The van der Waals surface area contributed by atoms with Crippen LogP contribution >= 0.6 is 0 Å². The van der Waals surface area contributed by atoms with Gasteiger partial charge in [0.1, 0.15) is 23.8 Å². The van der Waals surface area contributed by atoms with E-state index in [1.165, 1.54) is 12.1 Å². The van der Waals surface area contributed by atoms with E-state index in [1.54, 1.807) is 18.1 Å². The average Bonchev–Trinajstić information content (AvgIpc) is 3.05. The van der Waals surface area contributed by atoms with Gasteiger partial charge >= 0.3 is 0 Å². The first-order valence-electron chi connectivity index (χ1n) is 8.87. The number of aliphatic hydroxyl groups is 1. The number of nitrogens with zero attached hydrogens (tertiary/aromatic N) is 1. The highest BCUT2D eigenvalue weighted by molar-refractivity contribution is 5.96. The van der Waals surface area contributed by atoms with Crippen molar-refractivity contribution in [1.82, 2.24) is 4.90 Å². The molecular weight excluding hydrogens is 349 g/mol. The Balaban J connectivity index is 1.78. The third kappa shape index (κ3) is 4.28. The van der Waals surface area contributed by atoms with Gasteiger partial charge in [0.15, 0.2) is 0 Å². The predicted molar refractivity (Wildman–Crippen MR) is 99.4 cm³/mol. The number of amides is 1. The number of halogens is 1. The van der Waals surface area contributed by atoms with Gasteiger partial charge in [0.25, 0.3) is 5.91 Å². The van der Waals surface area contributed by atoms with Gasteiger partial charge < -0.3 is 19.5 Å². The van der Waals surface area contributed by atoms with Gasteiger partial charge in [-0.2, -0.15) is 0 Å². The molecule has 1 saturated heterocycles. The van der Waals surface area contributed by atoms with E-state index in [4.69, 9.17) is 9.47 Å². The molecule has 0 spiro atoms. The molecule has 2 unspecified atom stereocenters. The third-order valence-electron chi connectivity index (χ3n) is 4.83. The molecule has 0 bridgehead atoms. The van der Waals surface area contributed by atoms with Crippen molar-refractivity contribution < 1.29 is 23.8 Å². The van der Waals surface area contributed by atoms with Crippen LogP contribution in [-0.2, 0) is 11.3 Å². The van der Waals surface area contributed by atoms with Crippen molar-refractivity contribution in [1.29, 1.82) is 0 Å². The maximum atomic E-state index is 13.7. The van der Waals surface area contributed by atoms with Crippen molar-refractivity contribution >= 4 is 5.91 Å². The molecule has 0 saturated carbocycles. The van der Waals surface area contributed by atoms with Crippen molar-refractivity contribution in [2.24, 2.45) is 0 Å². The number of hydrogen-bond acceptors (Lipinski definition) is 4. The molecule has 144 valence electrons. The number of carbonyl (C=O) groups is 1. The minimum atomic E-state index is -0.480. The number of methoxy groups -OCH3 is 1. The zero-order chi connectivity index (χ0) is 19.6. The number of hydrogen-bond donors (Lipinski definition) is 1. The Morgan fingerprint density at radius 2 is 1.93 bits per heavy atom. The molecule has 3 rings (SSSR count). The van der Waals surface area contributed by atoms with Crippen molar-refractivity contribution in [2.45, 2.75) is 32.7 Å². The molecule has 27 heavy (non-hydrogen) atoms. The Morgan fingerprint density at radius 3 is 2.63 bits per heavy atom. The second kappa shape index (κ2) is 8.06. The lowest BCUT2D eigenvalue weighted by Crippen LogP contribution is -2.32. The summed E-state index contributed by atoms with van der Waals surface area (Å²) in [7, 11) is 1.57. The maximum Gasteiger partial charge on any atom is 0.254 e. The molecule has 1 N–H and O–H groups in total. The van der Waals surface area contributed by atoms with E-state index in [2.05, 4.69) is 0 Å². The Morgan fingerprint density at radius 1 is 1.19 bits per heavy atom. The number of carbonyl (C=O) groups excluding carboxylic acids is 1. The van der Waals surface area contributed by atoms with Gasteiger partial charge in [0, 0.05) is 18.7 Å². The summed E-state index contributed by atoms with van der Waals surface area (Å²) in [6, 6.07) is 9.90. The summed E-state index contributed by atoms with van der Waals surface area (Å²) in [5.74, 6) is -0.237. The fourth-order valence-electron chi connectivity index (χ4n) is 3.34. The zero-order valence-corrected chi connectivity index (χ0v) is 15.7. The van der Waals surface area contributed by atoms with Crippen LogP contribution < -0.4 is 4.74 Å². The van der Waals surface area contributed by atoms with Crippen LogP contribution in [0.4, 0.5) is 4.39 Å². The van der Waals surface area contributed by atoms with Crippen LogP contribution in [-0.4, -0.2) is 48.3 Å². The van der Waals surface area contributed by atoms with E-state index in [9.17, 15) is 14.3 Å². The summed E-state index contributed by atoms with van der Waals surface area (Å²) < 4.78 is 25.1. The first-order chi connectivity index (χ1) is 12.9. The molecule has 1 heterocycles. The smallest absolute Gasteiger partial charge is 0.254 e. The molecule has 1 aliphatic rings. The van der Waals surface area contributed by atoms with Crippen LogP contribution in [0.25, 0.3) is 0 Å². The van der Waals surface area contributed by atoms with E-state index in [1.807, 2.05) is 32.0 Å². The Bertz CT molecular complexity index is 839. The van der Waals surface area contributed by atoms with E-state index in [0.29, 0.717) is 30.0 Å². The third-order valence-corrected chi connectivity index (χ3v) is 4.83. The first kappa shape index (κ1) is 19.3. The van der Waals surface area contributed by atoms with Crippen LogP contribution in [0.3, 0.4) is 0 Å². The number of benzene rings is 2. The van der Waals surface area contributed by atoms with Crippen LogP contribution in [0.2, 0.25) is 0 Å². The SMILES string of the molecule is COC1CN(C(=O)c2cc(C)ccc2C)CC1Oc1cc(F)cc(CO)c1. The van der Waals surface area contributed by atoms with Crippen LogP contribution in [0.15, 0.2) is 36.4 Å². The lowest BCUT2D eigenvalue weighted by molar-refractivity contribution is 0.0337. The van der Waals surface area contributed by atoms with Gasteiger partial charge in [-0.25, -0.2) is 4.39 Å². The van der Waals surface area contributed by atoms with Crippen molar-refractivity contribution in [3.05, 3.63) is 64.5 Å². The maximum absolute atomic E-state index is 13.7. The molecule has 2 atom stereocenters. The molecule has 2 aromatic rings.